The third-order valence-electron chi connectivity index (χ3n) is 5.52. The SMILES string of the molecule is Nc1ccccc1NC(=O)/C=C/[C@H](Oc1ccccc1)[C@@H](OC(=O)Nc1ccc(Br)cc1)c1ccc(O)cc1. The molecule has 4 aromatic rings. The van der Waals surface area contributed by atoms with E-state index in [1.54, 1.807) is 84.9 Å². The van der Waals surface area contributed by atoms with Crippen molar-refractivity contribution in [3.05, 3.63) is 125 Å². The number of amides is 2. The molecule has 0 bridgehead atoms. The average Bonchev–Trinajstić information content (AvgIpc) is 2.93. The molecule has 4 rings (SSSR count). The quantitative estimate of drug-likeness (QED) is 0.128. The lowest BCUT2D eigenvalue weighted by Gasteiger charge is -2.26. The predicted molar refractivity (Wildman–Crippen MR) is 155 cm³/mol. The number of nitrogens with one attached hydrogen (secondary N) is 2. The number of carbonyl (C=O) groups is 2. The average molecular weight is 588 g/mol. The van der Waals surface area contributed by atoms with Gasteiger partial charge in [0.25, 0.3) is 0 Å². The Bertz CT molecular complexity index is 1430. The van der Waals surface area contributed by atoms with E-state index in [2.05, 4.69) is 26.6 Å². The van der Waals surface area contributed by atoms with Crippen LogP contribution in [0, 0.1) is 0 Å². The van der Waals surface area contributed by atoms with Crippen molar-refractivity contribution in [2.45, 2.75) is 12.2 Å². The molecule has 0 saturated carbocycles. The molecule has 0 saturated heterocycles. The second-order valence-electron chi connectivity index (χ2n) is 8.38. The molecule has 4 aromatic carbocycles. The number of hydrogen-bond acceptors (Lipinski definition) is 6. The van der Waals surface area contributed by atoms with Gasteiger partial charge in [-0.2, -0.15) is 0 Å². The van der Waals surface area contributed by atoms with Crippen LogP contribution in [0.25, 0.3) is 0 Å². The fraction of sp³-hybridized carbons (Fsp3) is 0.0667. The molecule has 39 heavy (non-hydrogen) atoms. The molecule has 8 nitrogen and oxygen atoms in total. The van der Waals surface area contributed by atoms with Gasteiger partial charge < -0.3 is 25.6 Å². The molecular weight excluding hydrogens is 562 g/mol. The summed E-state index contributed by atoms with van der Waals surface area (Å²) in [6.07, 6.45) is 0.153. The number of phenolic OH excluding ortho intramolecular Hbond substituents is 1. The molecule has 0 aliphatic rings. The summed E-state index contributed by atoms with van der Waals surface area (Å²) in [5.74, 6) is 0.103. The highest BCUT2D eigenvalue weighted by molar-refractivity contribution is 9.10. The van der Waals surface area contributed by atoms with Gasteiger partial charge in [-0.15, -0.1) is 0 Å². The lowest BCUT2D eigenvalue weighted by molar-refractivity contribution is -0.112. The maximum absolute atomic E-state index is 13.0. The summed E-state index contributed by atoms with van der Waals surface area (Å²) in [6.45, 7) is 0. The maximum atomic E-state index is 13.0. The molecule has 5 N–H and O–H groups in total. The number of anilines is 3. The van der Waals surface area contributed by atoms with Crippen LogP contribution in [0.2, 0.25) is 0 Å². The van der Waals surface area contributed by atoms with Crippen LogP contribution >= 0.6 is 15.9 Å². The van der Waals surface area contributed by atoms with E-state index in [1.807, 2.05) is 6.07 Å². The Morgan fingerprint density at radius 3 is 2.21 bits per heavy atom. The van der Waals surface area contributed by atoms with Crippen molar-refractivity contribution in [2.75, 3.05) is 16.4 Å². The molecule has 0 aromatic heterocycles. The summed E-state index contributed by atoms with van der Waals surface area (Å²) in [5.41, 5.74) is 7.90. The van der Waals surface area contributed by atoms with Crippen molar-refractivity contribution < 1.29 is 24.2 Å². The second-order valence-corrected chi connectivity index (χ2v) is 9.30. The van der Waals surface area contributed by atoms with Gasteiger partial charge in [0, 0.05) is 16.2 Å². The Hall–Kier alpha value is -4.76. The van der Waals surface area contributed by atoms with Gasteiger partial charge in [-0.05, 0) is 72.3 Å². The van der Waals surface area contributed by atoms with Crippen molar-refractivity contribution in [2.24, 2.45) is 0 Å². The van der Waals surface area contributed by atoms with Gasteiger partial charge in [0.1, 0.15) is 11.5 Å². The number of nitrogens with two attached hydrogens (primary N) is 1. The Morgan fingerprint density at radius 2 is 1.51 bits per heavy atom. The molecule has 2 amide bonds. The molecule has 0 aliphatic heterocycles. The number of ether oxygens (including phenoxy) is 2. The third kappa shape index (κ3) is 8.11. The number of para-hydroxylation sites is 3. The Kier molecular flexibility index (Phi) is 9.20. The summed E-state index contributed by atoms with van der Waals surface area (Å²) in [7, 11) is 0. The van der Waals surface area contributed by atoms with Gasteiger partial charge in [0.15, 0.2) is 12.2 Å². The molecule has 198 valence electrons. The number of nitrogen functional groups attached to an aromatic ring is 1. The van der Waals surface area contributed by atoms with E-state index in [4.69, 9.17) is 15.2 Å². The minimum absolute atomic E-state index is 0.0488. The van der Waals surface area contributed by atoms with Crippen LogP contribution in [-0.4, -0.2) is 23.2 Å². The first-order chi connectivity index (χ1) is 18.9. The Labute approximate surface area is 234 Å². The number of rotatable bonds is 9. The predicted octanol–water partition coefficient (Wildman–Crippen LogP) is 6.67. The van der Waals surface area contributed by atoms with Crippen molar-refractivity contribution >= 4 is 45.0 Å². The zero-order valence-corrected chi connectivity index (χ0v) is 22.2. The minimum atomic E-state index is -0.993. The minimum Gasteiger partial charge on any atom is -0.508 e. The van der Waals surface area contributed by atoms with Gasteiger partial charge in [-0.1, -0.05) is 58.4 Å². The molecule has 0 radical (unpaired) electrons. The van der Waals surface area contributed by atoms with Gasteiger partial charge in [0.05, 0.1) is 11.4 Å². The zero-order chi connectivity index (χ0) is 27.6. The number of phenols is 1. The van der Waals surface area contributed by atoms with E-state index < -0.39 is 24.2 Å². The number of aromatic hydroxyl groups is 1. The van der Waals surface area contributed by atoms with Crippen LogP contribution < -0.4 is 21.1 Å². The first-order valence-corrected chi connectivity index (χ1v) is 12.7. The van der Waals surface area contributed by atoms with Gasteiger partial charge in [-0.3, -0.25) is 10.1 Å². The highest BCUT2D eigenvalue weighted by Crippen LogP contribution is 2.29. The van der Waals surface area contributed by atoms with Crippen LogP contribution in [0.1, 0.15) is 11.7 Å². The summed E-state index contributed by atoms with van der Waals surface area (Å²) < 4.78 is 12.9. The number of benzene rings is 4. The number of halogens is 1. The largest absolute Gasteiger partial charge is 0.508 e. The van der Waals surface area contributed by atoms with Crippen molar-refractivity contribution in [3.8, 4) is 11.5 Å². The second kappa shape index (κ2) is 13.2. The standard InChI is InChI=1S/C30H26BrN3O5/c31-21-12-14-22(15-13-21)33-30(37)39-29(20-10-16-23(35)17-11-20)27(38-24-6-2-1-3-7-24)18-19-28(36)34-26-9-5-4-8-25(26)32/h1-19,27,29,35H,32H2,(H,33,37)(H,34,36)/b19-18+/t27-,29-/m0/s1. The summed E-state index contributed by atoms with van der Waals surface area (Å²) in [4.78, 5) is 25.7. The Morgan fingerprint density at radius 1 is 0.846 bits per heavy atom. The van der Waals surface area contributed by atoms with E-state index in [9.17, 15) is 14.7 Å². The molecule has 0 fully saturated rings. The normalized spacial score (nSPS) is 12.3. The zero-order valence-electron chi connectivity index (χ0n) is 20.7. The maximum Gasteiger partial charge on any atom is 0.412 e. The third-order valence-corrected chi connectivity index (χ3v) is 6.04. The van der Waals surface area contributed by atoms with Crippen LogP contribution in [0.15, 0.2) is 120 Å². The molecule has 0 unspecified atom stereocenters. The molecule has 0 aliphatic carbocycles. The van der Waals surface area contributed by atoms with Gasteiger partial charge >= 0.3 is 6.09 Å². The highest BCUT2D eigenvalue weighted by Gasteiger charge is 2.28. The van der Waals surface area contributed by atoms with Gasteiger partial charge in [0.2, 0.25) is 5.91 Å². The van der Waals surface area contributed by atoms with Crippen LogP contribution in [0.5, 0.6) is 11.5 Å². The summed E-state index contributed by atoms with van der Waals surface area (Å²) in [5, 5.41) is 15.2. The van der Waals surface area contributed by atoms with E-state index in [0.717, 1.165) is 4.47 Å². The van der Waals surface area contributed by atoms with Crippen LogP contribution in [0.4, 0.5) is 21.9 Å². The van der Waals surface area contributed by atoms with E-state index in [0.29, 0.717) is 28.4 Å². The molecule has 9 heteroatoms. The molecule has 0 spiro atoms. The van der Waals surface area contributed by atoms with Crippen molar-refractivity contribution in [3.63, 3.8) is 0 Å². The van der Waals surface area contributed by atoms with Crippen LogP contribution in [-0.2, 0) is 9.53 Å². The van der Waals surface area contributed by atoms with Crippen molar-refractivity contribution in [1.29, 1.82) is 0 Å². The summed E-state index contributed by atoms with van der Waals surface area (Å²) >= 11 is 3.36. The fourth-order valence-corrected chi connectivity index (χ4v) is 3.87. The van der Waals surface area contributed by atoms with Gasteiger partial charge in [-0.25, -0.2) is 4.79 Å². The van der Waals surface area contributed by atoms with Crippen LogP contribution in [0.3, 0.4) is 0 Å². The summed E-state index contributed by atoms with van der Waals surface area (Å²) in [6, 6.07) is 29.1. The molecule has 0 heterocycles. The van der Waals surface area contributed by atoms with E-state index in [-0.39, 0.29) is 5.75 Å². The lowest BCUT2D eigenvalue weighted by Crippen LogP contribution is -2.30. The Balaban J connectivity index is 1.62. The fourth-order valence-electron chi connectivity index (χ4n) is 3.61. The highest BCUT2D eigenvalue weighted by atomic mass is 79.9. The van der Waals surface area contributed by atoms with Crippen molar-refractivity contribution in [1.82, 2.24) is 0 Å². The smallest absolute Gasteiger partial charge is 0.412 e. The first-order valence-electron chi connectivity index (χ1n) is 11.9. The number of carbonyl (C=O) groups excluding carboxylic acids is 2. The number of hydrogen-bond donors (Lipinski definition) is 4. The monoisotopic (exact) mass is 587 g/mol. The van der Waals surface area contributed by atoms with E-state index in [1.165, 1.54) is 24.3 Å². The first kappa shape index (κ1) is 27.3. The lowest BCUT2D eigenvalue weighted by atomic mass is 10.0. The molecular formula is C30H26BrN3O5. The molecule has 2 atom stereocenters. The topological polar surface area (TPSA) is 123 Å². The van der Waals surface area contributed by atoms with E-state index >= 15 is 0 Å².